The third-order valence-corrected chi connectivity index (χ3v) is 2.93. The lowest BCUT2D eigenvalue weighted by molar-refractivity contribution is -0.142. The van der Waals surface area contributed by atoms with Crippen LogP contribution in [0.25, 0.3) is 0 Å². The van der Waals surface area contributed by atoms with Crippen LogP contribution in [-0.4, -0.2) is 36.8 Å². The number of methoxy groups -OCH3 is 1. The average Bonchev–Trinajstić information content (AvgIpc) is 2.85. The number of nitrogens with one attached hydrogen (secondary N) is 1. The minimum absolute atomic E-state index is 0.114. The van der Waals surface area contributed by atoms with Crippen molar-refractivity contribution in [3.8, 4) is 5.88 Å². The van der Waals surface area contributed by atoms with E-state index in [1.165, 1.54) is 7.11 Å². The molecule has 1 aromatic rings. The quantitative estimate of drug-likeness (QED) is 0.852. The molecule has 8 heteroatoms. The molecule has 0 bridgehead atoms. The number of pyridine rings is 1. The van der Waals surface area contributed by atoms with Crippen molar-refractivity contribution in [3.05, 3.63) is 23.9 Å². The van der Waals surface area contributed by atoms with Crippen LogP contribution in [0.3, 0.4) is 0 Å². The summed E-state index contributed by atoms with van der Waals surface area (Å²) in [6.45, 7) is 0.345. The second-order valence-electron chi connectivity index (χ2n) is 4.34. The number of hydrogen-bond acceptors (Lipinski definition) is 5. The molecule has 1 saturated heterocycles. The van der Waals surface area contributed by atoms with Gasteiger partial charge in [0, 0.05) is 25.2 Å². The number of hydrogen-bond donors (Lipinski definition) is 1. The largest absolute Gasteiger partial charge is 0.473 e. The van der Waals surface area contributed by atoms with Gasteiger partial charge in [-0.05, 0) is 6.07 Å². The number of nitrogens with zero attached hydrogens (tertiary/aromatic N) is 1. The lowest BCUT2D eigenvalue weighted by atomic mass is 10.2. The van der Waals surface area contributed by atoms with Crippen molar-refractivity contribution >= 4 is 5.97 Å². The van der Waals surface area contributed by atoms with Gasteiger partial charge in [-0.3, -0.25) is 4.79 Å². The predicted molar refractivity (Wildman–Crippen MR) is 62.1 cm³/mol. The molecule has 2 atom stereocenters. The summed E-state index contributed by atoms with van der Waals surface area (Å²) >= 11 is 0. The highest BCUT2D eigenvalue weighted by Gasteiger charge is 2.33. The number of rotatable bonds is 3. The molecule has 20 heavy (non-hydrogen) atoms. The molecule has 1 fully saturated rings. The number of aromatic nitrogens is 1. The van der Waals surface area contributed by atoms with Crippen molar-refractivity contribution in [2.75, 3.05) is 13.7 Å². The molecule has 1 aliphatic heterocycles. The number of alkyl halides is 3. The highest BCUT2D eigenvalue weighted by molar-refractivity contribution is 5.76. The molecule has 1 aromatic heterocycles. The molecule has 2 rings (SSSR count). The molecule has 0 saturated carbocycles. The summed E-state index contributed by atoms with van der Waals surface area (Å²) < 4.78 is 47.5. The first-order valence-electron chi connectivity index (χ1n) is 5.91. The maximum atomic E-state index is 12.5. The van der Waals surface area contributed by atoms with Crippen LogP contribution < -0.4 is 10.1 Å². The Kier molecular flexibility index (Phi) is 4.12. The molecule has 1 aliphatic rings. The van der Waals surface area contributed by atoms with E-state index < -0.39 is 29.9 Å². The van der Waals surface area contributed by atoms with Crippen LogP contribution in [0.2, 0.25) is 0 Å². The van der Waals surface area contributed by atoms with Gasteiger partial charge in [-0.15, -0.1) is 0 Å². The van der Waals surface area contributed by atoms with Crippen molar-refractivity contribution in [2.24, 2.45) is 0 Å². The third-order valence-electron chi connectivity index (χ3n) is 2.93. The second kappa shape index (κ2) is 5.66. The Labute approximate surface area is 113 Å². The smallest absolute Gasteiger partial charge is 0.416 e. The zero-order valence-electron chi connectivity index (χ0n) is 10.6. The minimum Gasteiger partial charge on any atom is -0.473 e. The van der Waals surface area contributed by atoms with E-state index in [9.17, 15) is 18.0 Å². The van der Waals surface area contributed by atoms with Gasteiger partial charge in [0.2, 0.25) is 5.88 Å². The minimum atomic E-state index is -4.44. The maximum Gasteiger partial charge on any atom is 0.416 e. The van der Waals surface area contributed by atoms with Crippen LogP contribution in [0.5, 0.6) is 5.88 Å². The zero-order valence-corrected chi connectivity index (χ0v) is 10.6. The van der Waals surface area contributed by atoms with Crippen LogP contribution in [-0.2, 0) is 15.7 Å². The Morgan fingerprint density at radius 1 is 1.50 bits per heavy atom. The highest BCUT2D eigenvalue weighted by atomic mass is 19.4. The van der Waals surface area contributed by atoms with E-state index in [0.29, 0.717) is 13.0 Å². The normalized spacial score (nSPS) is 22.6. The third kappa shape index (κ3) is 3.38. The molecule has 110 valence electrons. The molecule has 5 nitrogen and oxygen atoms in total. The van der Waals surface area contributed by atoms with Gasteiger partial charge in [-0.1, -0.05) is 0 Å². The van der Waals surface area contributed by atoms with Crippen LogP contribution >= 0.6 is 0 Å². The molecule has 0 spiro atoms. The van der Waals surface area contributed by atoms with E-state index in [0.717, 1.165) is 18.3 Å². The Morgan fingerprint density at radius 2 is 2.25 bits per heavy atom. The molecule has 0 amide bonds. The van der Waals surface area contributed by atoms with Gasteiger partial charge in [-0.25, -0.2) is 4.98 Å². The van der Waals surface area contributed by atoms with Crippen molar-refractivity contribution in [1.82, 2.24) is 10.3 Å². The summed E-state index contributed by atoms with van der Waals surface area (Å²) in [7, 11) is 1.27. The first-order valence-corrected chi connectivity index (χ1v) is 5.91. The molecule has 1 N–H and O–H groups in total. The van der Waals surface area contributed by atoms with Gasteiger partial charge in [0.05, 0.1) is 12.7 Å². The second-order valence-corrected chi connectivity index (χ2v) is 4.34. The molecule has 0 aliphatic carbocycles. The van der Waals surface area contributed by atoms with Crippen LogP contribution in [0.15, 0.2) is 18.3 Å². The topological polar surface area (TPSA) is 60.5 Å². The van der Waals surface area contributed by atoms with Crippen LogP contribution in [0.1, 0.15) is 12.0 Å². The molecular formula is C12H13F3N2O3. The molecule has 2 heterocycles. The Balaban J connectivity index is 2.00. The summed E-state index contributed by atoms with van der Waals surface area (Å²) in [5.41, 5.74) is -0.821. The molecule has 0 radical (unpaired) electrons. The number of carbonyl (C=O) groups is 1. The van der Waals surface area contributed by atoms with Gasteiger partial charge >= 0.3 is 12.1 Å². The van der Waals surface area contributed by atoms with Crippen molar-refractivity contribution in [2.45, 2.75) is 24.7 Å². The lowest BCUT2D eigenvalue weighted by Crippen LogP contribution is -2.31. The number of halogens is 3. The summed E-state index contributed by atoms with van der Waals surface area (Å²) in [6.07, 6.45) is -3.50. The fourth-order valence-electron chi connectivity index (χ4n) is 1.94. The van der Waals surface area contributed by atoms with Crippen LogP contribution in [0.4, 0.5) is 13.2 Å². The van der Waals surface area contributed by atoms with Gasteiger partial charge in [-0.2, -0.15) is 13.2 Å². The Bertz CT molecular complexity index is 493. The first kappa shape index (κ1) is 14.6. The lowest BCUT2D eigenvalue weighted by Gasteiger charge is -2.13. The van der Waals surface area contributed by atoms with E-state index in [-0.39, 0.29) is 5.88 Å². The highest BCUT2D eigenvalue weighted by Crippen LogP contribution is 2.30. The average molecular weight is 290 g/mol. The monoisotopic (exact) mass is 290 g/mol. The predicted octanol–water partition coefficient (Wildman–Crippen LogP) is 1.38. The van der Waals surface area contributed by atoms with Crippen LogP contribution in [0, 0.1) is 0 Å². The Hall–Kier alpha value is -1.83. The van der Waals surface area contributed by atoms with Gasteiger partial charge in [0.25, 0.3) is 0 Å². The van der Waals surface area contributed by atoms with E-state index in [1.54, 1.807) is 0 Å². The van der Waals surface area contributed by atoms with E-state index in [1.807, 2.05) is 0 Å². The van der Waals surface area contributed by atoms with E-state index in [2.05, 4.69) is 15.0 Å². The fourth-order valence-corrected chi connectivity index (χ4v) is 1.94. The summed E-state index contributed by atoms with van der Waals surface area (Å²) in [5.74, 6) is -0.537. The first-order chi connectivity index (χ1) is 9.40. The van der Waals surface area contributed by atoms with Crippen molar-refractivity contribution < 1.29 is 27.4 Å². The zero-order chi connectivity index (χ0) is 14.8. The molecule has 0 aromatic carbocycles. The molecular weight excluding hydrogens is 277 g/mol. The SMILES string of the molecule is COC(=O)[C@@H]1C[C@@H](Oc2cc(C(F)(F)F)ccn2)CN1. The number of carbonyl (C=O) groups excluding carboxylic acids is 1. The maximum absolute atomic E-state index is 12.5. The van der Waals surface area contributed by atoms with Gasteiger partial charge < -0.3 is 14.8 Å². The fraction of sp³-hybridized carbons (Fsp3) is 0.500. The van der Waals surface area contributed by atoms with E-state index >= 15 is 0 Å². The van der Waals surface area contributed by atoms with Crippen molar-refractivity contribution in [3.63, 3.8) is 0 Å². The summed E-state index contributed by atoms with van der Waals surface area (Å²) in [5, 5.41) is 2.87. The van der Waals surface area contributed by atoms with Gasteiger partial charge in [0.1, 0.15) is 12.1 Å². The number of ether oxygens (including phenoxy) is 2. The summed E-state index contributed by atoms with van der Waals surface area (Å²) in [6, 6.07) is 1.21. The van der Waals surface area contributed by atoms with Gasteiger partial charge in [0.15, 0.2) is 0 Å². The van der Waals surface area contributed by atoms with E-state index in [4.69, 9.17) is 4.74 Å². The number of esters is 1. The Morgan fingerprint density at radius 3 is 2.90 bits per heavy atom. The summed E-state index contributed by atoms with van der Waals surface area (Å²) in [4.78, 5) is 15.0. The standard InChI is InChI=1S/C12H13F3N2O3/c1-19-11(18)9-5-8(6-17-9)20-10-4-7(2-3-16-10)12(13,14)15/h2-4,8-9,17H,5-6H2,1H3/t8-,9+/m1/s1. The molecule has 0 unspecified atom stereocenters. The van der Waals surface area contributed by atoms with Crippen molar-refractivity contribution in [1.29, 1.82) is 0 Å².